The van der Waals surface area contributed by atoms with E-state index < -0.39 is 6.04 Å². The Labute approximate surface area is 161 Å². The Morgan fingerprint density at radius 1 is 0.852 bits per heavy atom. The third-order valence-electron chi connectivity index (χ3n) is 5.01. The zero-order valence-corrected chi connectivity index (χ0v) is 16.0. The molecule has 1 N–H and O–H groups in total. The van der Waals surface area contributed by atoms with E-state index in [1.807, 2.05) is 17.0 Å². The first-order valence-electron chi connectivity index (χ1n) is 9.46. The van der Waals surface area contributed by atoms with E-state index in [0.717, 1.165) is 13.1 Å². The molecule has 1 atom stereocenters. The molecule has 0 radical (unpaired) electrons. The second kappa shape index (κ2) is 8.82. The van der Waals surface area contributed by atoms with Crippen LogP contribution in [0.25, 0.3) is 0 Å². The van der Waals surface area contributed by atoms with Crippen LogP contribution in [0, 0.1) is 0 Å². The molecular weight excluding hydrogens is 338 g/mol. The lowest BCUT2D eigenvalue weighted by molar-refractivity contribution is -0.137. The molecule has 1 aliphatic heterocycles. The summed E-state index contributed by atoms with van der Waals surface area (Å²) in [7, 11) is 0. The second-order valence-corrected chi connectivity index (χ2v) is 7.01. The van der Waals surface area contributed by atoms with Crippen LogP contribution >= 0.6 is 0 Å². The van der Waals surface area contributed by atoms with Crippen LogP contribution in [-0.4, -0.2) is 53.8 Å². The van der Waals surface area contributed by atoms with Gasteiger partial charge in [0.1, 0.15) is 6.04 Å². The predicted octanol–water partition coefficient (Wildman–Crippen LogP) is 2.44. The monoisotopic (exact) mass is 365 g/mol. The highest BCUT2D eigenvalue weighted by atomic mass is 16.2. The summed E-state index contributed by atoms with van der Waals surface area (Å²) in [6.45, 7) is 6.11. The molecule has 3 rings (SSSR count). The maximum Gasteiger partial charge on any atom is 0.244 e. The van der Waals surface area contributed by atoms with Crippen molar-refractivity contribution in [1.82, 2.24) is 15.1 Å². The molecule has 0 saturated carbocycles. The van der Waals surface area contributed by atoms with E-state index in [4.69, 9.17) is 0 Å². The molecule has 27 heavy (non-hydrogen) atoms. The van der Waals surface area contributed by atoms with Crippen LogP contribution < -0.4 is 5.32 Å². The molecule has 1 heterocycles. The summed E-state index contributed by atoms with van der Waals surface area (Å²) >= 11 is 0. The number of carbonyl (C=O) groups is 2. The number of amides is 2. The lowest BCUT2D eigenvalue weighted by Crippen LogP contribution is -2.54. The van der Waals surface area contributed by atoms with Crippen molar-refractivity contribution in [2.75, 3.05) is 26.2 Å². The van der Waals surface area contributed by atoms with Gasteiger partial charge in [-0.25, -0.2) is 0 Å². The van der Waals surface area contributed by atoms with E-state index in [0.29, 0.717) is 13.1 Å². The maximum atomic E-state index is 12.5. The molecule has 0 spiro atoms. The highest BCUT2D eigenvalue weighted by molar-refractivity contribution is 5.86. The van der Waals surface area contributed by atoms with Crippen LogP contribution in [0.15, 0.2) is 60.7 Å². The van der Waals surface area contributed by atoms with Gasteiger partial charge in [0, 0.05) is 33.1 Å². The van der Waals surface area contributed by atoms with E-state index in [2.05, 4.69) is 58.7 Å². The molecule has 0 bridgehead atoms. The van der Waals surface area contributed by atoms with Crippen LogP contribution in [0.5, 0.6) is 0 Å². The van der Waals surface area contributed by atoms with E-state index in [1.54, 1.807) is 6.92 Å². The molecule has 0 aliphatic carbocycles. The zero-order valence-electron chi connectivity index (χ0n) is 16.0. The van der Waals surface area contributed by atoms with Crippen molar-refractivity contribution in [2.24, 2.45) is 0 Å². The standard InChI is InChI=1S/C22H27N3O2/c1-17(23-18(2)26)22(27)25-15-13-24(14-16-25)21(19-9-5-3-6-10-19)20-11-7-4-8-12-20/h3-12,17,21H,13-16H2,1-2H3,(H,23,26). The van der Waals surface area contributed by atoms with Crippen LogP contribution in [0.3, 0.4) is 0 Å². The Bertz CT molecular complexity index is 716. The number of carbonyl (C=O) groups excluding carboxylic acids is 2. The molecular formula is C22H27N3O2. The van der Waals surface area contributed by atoms with Crippen molar-refractivity contribution in [3.8, 4) is 0 Å². The Kier molecular flexibility index (Phi) is 6.24. The minimum absolute atomic E-state index is 0.0131. The summed E-state index contributed by atoms with van der Waals surface area (Å²) in [6.07, 6.45) is 0. The average molecular weight is 365 g/mol. The van der Waals surface area contributed by atoms with Crippen LogP contribution in [0.4, 0.5) is 0 Å². The fraction of sp³-hybridized carbons (Fsp3) is 0.364. The Hall–Kier alpha value is -2.66. The first kappa shape index (κ1) is 19.1. The van der Waals surface area contributed by atoms with Gasteiger partial charge in [0.25, 0.3) is 0 Å². The minimum Gasteiger partial charge on any atom is -0.345 e. The van der Waals surface area contributed by atoms with Gasteiger partial charge in [-0.1, -0.05) is 60.7 Å². The number of rotatable bonds is 5. The van der Waals surface area contributed by atoms with Crippen molar-refractivity contribution in [2.45, 2.75) is 25.9 Å². The SMILES string of the molecule is CC(=O)NC(C)C(=O)N1CCN(C(c2ccccc2)c2ccccc2)CC1. The number of benzene rings is 2. The van der Waals surface area contributed by atoms with Gasteiger partial charge >= 0.3 is 0 Å². The molecule has 2 aromatic carbocycles. The van der Waals surface area contributed by atoms with Crippen LogP contribution in [0.1, 0.15) is 31.0 Å². The summed E-state index contributed by atoms with van der Waals surface area (Å²) < 4.78 is 0. The number of hydrogen-bond donors (Lipinski definition) is 1. The van der Waals surface area contributed by atoms with Gasteiger partial charge < -0.3 is 10.2 Å². The van der Waals surface area contributed by atoms with Gasteiger partial charge in [0.15, 0.2) is 0 Å². The normalized spacial score (nSPS) is 16.2. The quantitative estimate of drug-likeness (QED) is 0.886. The largest absolute Gasteiger partial charge is 0.345 e. The molecule has 1 unspecified atom stereocenters. The van der Waals surface area contributed by atoms with Gasteiger partial charge in [-0.05, 0) is 18.1 Å². The summed E-state index contributed by atoms with van der Waals surface area (Å²) in [5.74, 6) is -0.191. The molecule has 2 aromatic rings. The van der Waals surface area contributed by atoms with Gasteiger partial charge in [-0.15, -0.1) is 0 Å². The summed E-state index contributed by atoms with van der Waals surface area (Å²) in [5.41, 5.74) is 2.52. The Balaban J connectivity index is 1.72. The molecule has 142 valence electrons. The molecule has 2 amide bonds. The lowest BCUT2D eigenvalue weighted by atomic mass is 9.96. The van der Waals surface area contributed by atoms with Crippen molar-refractivity contribution >= 4 is 11.8 Å². The summed E-state index contributed by atoms with van der Waals surface area (Å²) in [6, 6.07) is 20.7. The van der Waals surface area contributed by atoms with E-state index in [1.165, 1.54) is 18.1 Å². The third-order valence-corrected chi connectivity index (χ3v) is 5.01. The smallest absolute Gasteiger partial charge is 0.244 e. The number of nitrogens with one attached hydrogen (secondary N) is 1. The molecule has 1 aliphatic rings. The summed E-state index contributed by atoms with van der Waals surface area (Å²) in [5, 5.41) is 2.68. The van der Waals surface area contributed by atoms with E-state index in [-0.39, 0.29) is 17.9 Å². The molecule has 1 fully saturated rings. The topological polar surface area (TPSA) is 52.7 Å². The third kappa shape index (κ3) is 4.74. The molecule has 5 heteroatoms. The van der Waals surface area contributed by atoms with Crippen molar-refractivity contribution in [3.05, 3.63) is 71.8 Å². The highest BCUT2D eigenvalue weighted by Gasteiger charge is 2.29. The Morgan fingerprint density at radius 3 is 1.78 bits per heavy atom. The number of nitrogens with zero attached hydrogens (tertiary/aromatic N) is 2. The number of piperazine rings is 1. The van der Waals surface area contributed by atoms with Gasteiger partial charge in [-0.3, -0.25) is 14.5 Å². The fourth-order valence-electron chi connectivity index (χ4n) is 3.73. The zero-order chi connectivity index (χ0) is 19.2. The summed E-state index contributed by atoms with van der Waals surface area (Å²) in [4.78, 5) is 28.0. The fourth-order valence-corrected chi connectivity index (χ4v) is 3.73. The predicted molar refractivity (Wildman–Crippen MR) is 106 cm³/mol. The first-order valence-corrected chi connectivity index (χ1v) is 9.46. The van der Waals surface area contributed by atoms with Gasteiger partial charge in [0.2, 0.25) is 11.8 Å². The van der Waals surface area contributed by atoms with Crippen molar-refractivity contribution in [3.63, 3.8) is 0 Å². The van der Waals surface area contributed by atoms with E-state index in [9.17, 15) is 9.59 Å². The van der Waals surface area contributed by atoms with Gasteiger partial charge in [-0.2, -0.15) is 0 Å². The van der Waals surface area contributed by atoms with Gasteiger partial charge in [0.05, 0.1) is 6.04 Å². The molecule has 5 nitrogen and oxygen atoms in total. The number of hydrogen-bond acceptors (Lipinski definition) is 3. The maximum absolute atomic E-state index is 12.5. The van der Waals surface area contributed by atoms with Crippen molar-refractivity contribution < 1.29 is 9.59 Å². The highest BCUT2D eigenvalue weighted by Crippen LogP contribution is 2.29. The van der Waals surface area contributed by atoms with Crippen LogP contribution in [0.2, 0.25) is 0 Å². The molecule has 0 aromatic heterocycles. The minimum atomic E-state index is -0.479. The average Bonchev–Trinajstić information content (AvgIpc) is 2.69. The molecule has 1 saturated heterocycles. The first-order chi connectivity index (χ1) is 13.1. The lowest BCUT2D eigenvalue weighted by Gasteiger charge is -2.40. The van der Waals surface area contributed by atoms with E-state index >= 15 is 0 Å². The van der Waals surface area contributed by atoms with Crippen molar-refractivity contribution in [1.29, 1.82) is 0 Å². The second-order valence-electron chi connectivity index (χ2n) is 7.01. The van der Waals surface area contributed by atoms with Crippen LogP contribution in [-0.2, 0) is 9.59 Å². The Morgan fingerprint density at radius 2 is 1.33 bits per heavy atom.